The maximum atomic E-state index is 13.8. The molecule has 0 aliphatic carbocycles. The van der Waals surface area contributed by atoms with Crippen LogP contribution in [0.1, 0.15) is 33.9 Å². The number of nitrogen functional groups attached to an aromatic ring is 1. The number of benzene rings is 1. The number of aromatic nitrogens is 4. The van der Waals surface area contributed by atoms with Crippen LogP contribution in [0.2, 0.25) is 5.15 Å². The largest absolute Gasteiger partial charge is 0.462 e. The minimum absolute atomic E-state index is 0.0427. The van der Waals surface area contributed by atoms with Gasteiger partial charge in [0, 0.05) is 0 Å². The van der Waals surface area contributed by atoms with Crippen LogP contribution in [-0.4, -0.2) is 66.4 Å². The van der Waals surface area contributed by atoms with E-state index >= 15 is 0 Å². The number of nitrogens with one attached hydrogen (secondary N) is 1. The third-order valence-electron chi connectivity index (χ3n) is 5.80. The molecule has 1 saturated heterocycles. The van der Waals surface area contributed by atoms with Crippen LogP contribution in [0.4, 0.5) is 5.95 Å². The van der Waals surface area contributed by atoms with Gasteiger partial charge in [-0.1, -0.05) is 29.8 Å². The number of aliphatic hydroxyl groups excluding tert-OH is 1. The van der Waals surface area contributed by atoms with Gasteiger partial charge >= 0.3 is 13.7 Å². The molecule has 1 aromatic carbocycles. The van der Waals surface area contributed by atoms with E-state index in [0.717, 1.165) is 0 Å². The molecule has 0 bridgehead atoms. The van der Waals surface area contributed by atoms with Crippen LogP contribution in [0.15, 0.2) is 36.7 Å². The number of fused-ring (bicyclic) bond motifs is 1. The van der Waals surface area contributed by atoms with Crippen LogP contribution in [0.5, 0.6) is 5.75 Å². The van der Waals surface area contributed by atoms with Crippen molar-refractivity contribution >= 4 is 54.0 Å². The number of carbonyl (C=O) groups is 1. The van der Waals surface area contributed by atoms with Crippen molar-refractivity contribution in [1.82, 2.24) is 24.6 Å². The monoisotopic (exact) mass is 602 g/mol. The molecule has 0 spiro atoms. The smallest absolute Gasteiger partial charge is 0.459 e. The standard InChI is InChI=1S/C23H29Cl2N6O7P/c1-12(2)36-20(33)13(3)30-39(34,38-14-8-6-5-7-9-14)35-10-15-17(32)23(4,25)21(37-15)31-11-27-16-18(24)28-22(26)29-19(16)31/h5-9,11-13,15,17,21,32H,10H2,1-4H3,(H,30,34)(H2,26,28,29)/t13-,15-,17-,21-,23-,39+/m1/s1. The number of hydrogen-bond acceptors (Lipinski definition) is 11. The highest BCUT2D eigenvalue weighted by Crippen LogP contribution is 2.48. The molecule has 1 fully saturated rings. The summed E-state index contributed by atoms with van der Waals surface area (Å²) < 4.78 is 37.8. The van der Waals surface area contributed by atoms with Gasteiger partial charge in [0.2, 0.25) is 5.95 Å². The van der Waals surface area contributed by atoms with Crippen LogP contribution in [0.3, 0.4) is 0 Å². The number of imidazole rings is 1. The minimum Gasteiger partial charge on any atom is -0.462 e. The number of carbonyl (C=O) groups excluding carboxylic acids is 1. The third kappa shape index (κ3) is 6.46. The molecule has 16 heteroatoms. The molecular formula is C23H29Cl2N6O7P. The fraction of sp³-hybridized carbons (Fsp3) is 0.478. The Morgan fingerprint density at radius 3 is 2.67 bits per heavy atom. The highest BCUT2D eigenvalue weighted by molar-refractivity contribution is 7.52. The number of esters is 1. The van der Waals surface area contributed by atoms with Crippen molar-refractivity contribution in [1.29, 1.82) is 0 Å². The summed E-state index contributed by atoms with van der Waals surface area (Å²) in [4.78, 5) is 23.2. The molecule has 1 aliphatic heterocycles. The van der Waals surface area contributed by atoms with Gasteiger partial charge in [0.05, 0.1) is 19.0 Å². The molecule has 3 aromatic rings. The first-order valence-corrected chi connectivity index (χ1v) is 14.3. The summed E-state index contributed by atoms with van der Waals surface area (Å²) in [6, 6.07) is 7.22. The van der Waals surface area contributed by atoms with Gasteiger partial charge in [0.15, 0.2) is 17.0 Å². The molecule has 1 aliphatic rings. The number of halogens is 2. The molecule has 4 rings (SSSR count). The predicted molar refractivity (Wildman–Crippen MR) is 143 cm³/mol. The lowest BCUT2D eigenvalue weighted by atomic mass is 10.0. The second-order valence-electron chi connectivity index (χ2n) is 9.35. The Balaban J connectivity index is 1.55. The number of alkyl halides is 1. The second-order valence-corrected chi connectivity index (χ2v) is 12.2. The SMILES string of the molecule is CC(C)OC(=O)[C@@H](C)N[P@](=O)(OC[C@H]1O[C@@H](n2cnc3c(Cl)nc(N)nc32)[C@](C)(Cl)[C@@H]1O)Oc1ccccc1. The molecule has 0 saturated carbocycles. The first kappa shape index (κ1) is 29.5. The zero-order valence-corrected chi connectivity index (χ0v) is 23.9. The number of ether oxygens (including phenoxy) is 2. The maximum absolute atomic E-state index is 13.8. The summed E-state index contributed by atoms with van der Waals surface area (Å²) in [6.45, 7) is 5.98. The van der Waals surface area contributed by atoms with Crippen molar-refractivity contribution in [3.05, 3.63) is 41.8 Å². The molecule has 212 valence electrons. The highest BCUT2D eigenvalue weighted by atomic mass is 35.5. The van der Waals surface area contributed by atoms with Crippen molar-refractivity contribution in [2.24, 2.45) is 0 Å². The summed E-state index contributed by atoms with van der Waals surface area (Å²) in [5.41, 5.74) is 6.26. The molecule has 4 N–H and O–H groups in total. The van der Waals surface area contributed by atoms with E-state index in [0.29, 0.717) is 0 Å². The normalized spacial score (nSPS) is 25.5. The fourth-order valence-electron chi connectivity index (χ4n) is 3.93. The Morgan fingerprint density at radius 1 is 1.31 bits per heavy atom. The van der Waals surface area contributed by atoms with Crippen LogP contribution in [0, 0.1) is 0 Å². The number of hydrogen-bond donors (Lipinski definition) is 3. The summed E-state index contributed by atoms with van der Waals surface area (Å²) in [7, 11) is -4.21. The van der Waals surface area contributed by atoms with Crippen molar-refractivity contribution in [3.63, 3.8) is 0 Å². The van der Waals surface area contributed by atoms with Gasteiger partial charge in [-0.05, 0) is 39.8 Å². The molecule has 39 heavy (non-hydrogen) atoms. The van der Waals surface area contributed by atoms with Crippen molar-refractivity contribution < 1.29 is 33.0 Å². The predicted octanol–water partition coefficient (Wildman–Crippen LogP) is 3.45. The number of anilines is 1. The lowest BCUT2D eigenvalue weighted by Gasteiger charge is -2.26. The molecular weight excluding hydrogens is 574 g/mol. The van der Waals surface area contributed by atoms with E-state index in [-0.39, 0.29) is 34.1 Å². The molecule has 2 aromatic heterocycles. The Labute approximate surface area is 234 Å². The van der Waals surface area contributed by atoms with E-state index in [4.69, 9.17) is 47.5 Å². The van der Waals surface area contributed by atoms with Gasteiger partial charge < -0.3 is 24.8 Å². The maximum Gasteiger partial charge on any atom is 0.459 e. The Hall–Kier alpha value is -2.51. The van der Waals surface area contributed by atoms with Crippen LogP contribution in [0.25, 0.3) is 11.2 Å². The Bertz CT molecular complexity index is 1380. The van der Waals surface area contributed by atoms with E-state index in [1.165, 1.54) is 17.8 Å². The average molecular weight is 603 g/mol. The zero-order valence-electron chi connectivity index (χ0n) is 21.5. The number of nitrogens with zero attached hydrogens (tertiary/aromatic N) is 4. The summed E-state index contributed by atoms with van der Waals surface area (Å²) in [6.07, 6.45) is -2.37. The van der Waals surface area contributed by atoms with Gasteiger partial charge in [0.1, 0.15) is 34.4 Å². The minimum atomic E-state index is -4.21. The topological polar surface area (TPSA) is 173 Å². The molecule has 3 heterocycles. The number of rotatable bonds is 10. The first-order chi connectivity index (χ1) is 18.3. The lowest BCUT2D eigenvalue weighted by molar-refractivity contribution is -0.149. The van der Waals surface area contributed by atoms with Gasteiger partial charge in [-0.2, -0.15) is 15.1 Å². The number of aliphatic hydroxyl groups is 1. The zero-order chi connectivity index (χ0) is 28.5. The van der Waals surface area contributed by atoms with Crippen LogP contribution in [-0.2, 0) is 23.4 Å². The Kier molecular flexibility index (Phi) is 8.72. The quantitative estimate of drug-likeness (QED) is 0.134. The number of nitrogens with two attached hydrogens (primary N) is 1. The van der Waals surface area contributed by atoms with E-state index < -0.39 is 49.7 Å². The number of para-hydroxylation sites is 1. The van der Waals surface area contributed by atoms with Crippen molar-refractivity contribution in [2.75, 3.05) is 12.3 Å². The van der Waals surface area contributed by atoms with E-state index in [9.17, 15) is 14.5 Å². The second kappa shape index (κ2) is 11.5. The third-order valence-corrected chi connectivity index (χ3v) is 8.12. The Morgan fingerprint density at radius 2 is 2.00 bits per heavy atom. The van der Waals surface area contributed by atoms with E-state index in [1.54, 1.807) is 51.1 Å². The molecule has 6 atom stereocenters. The highest BCUT2D eigenvalue weighted by Gasteiger charge is 2.54. The van der Waals surface area contributed by atoms with E-state index in [2.05, 4.69) is 20.0 Å². The van der Waals surface area contributed by atoms with Gasteiger partial charge in [-0.15, -0.1) is 11.6 Å². The molecule has 0 unspecified atom stereocenters. The molecule has 0 amide bonds. The van der Waals surface area contributed by atoms with Gasteiger partial charge in [-0.25, -0.2) is 9.55 Å². The first-order valence-electron chi connectivity index (χ1n) is 12.0. The average Bonchev–Trinajstić information content (AvgIpc) is 3.36. The molecule has 13 nitrogen and oxygen atoms in total. The van der Waals surface area contributed by atoms with Crippen molar-refractivity contribution in [3.8, 4) is 5.75 Å². The summed E-state index contributed by atoms with van der Waals surface area (Å²) in [5, 5.41) is 13.7. The van der Waals surface area contributed by atoms with E-state index in [1.807, 2.05) is 0 Å². The van der Waals surface area contributed by atoms with Crippen LogP contribution < -0.4 is 15.3 Å². The van der Waals surface area contributed by atoms with Crippen molar-refractivity contribution in [2.45, 2.75) is 63.2 Å². The summed E-state index contributed by atoms with van der Waals surface area (Å²) >= 11 is 12.9. The molecule has 0 radical (unpaired) electrons. The lowest BCUT2D eigenvalue weighted by Crippen LogP contribution is -2.40. The van der Waals surface area contributed by atoms with Crippen LogP contribution >= 0.6 is 30.9 Å². The van der Waals surface area contributed by atoms with Gasteiger partial charge in [-0.3, -0.25) is 13.9 Å². The fourth-order valence-corrected chi connectivity index (χ4v) is 5.95. The summed E-state index contributed by atoms with van der Waals surface area (Å²) in [5.74, 6) is -0.508. The van der Waals surface area contributed by atoms with Gasteiger partial charge in [0.25, 0.3) is 0 Å².